The summed E-state index contributed by atoms with van der Waals surface area (Å²) in [5.74, 6) is -0.562. The summed E-state index contributed by atoms with van der Waals surface area (Å²) in [7, 11) is 0. The average Bonchev–Trinajstić information content (AvgIpc) is 3.08. The Balaban J connectivity index is 1.88. The first-order valence-corrected chi connectivity index (χ1v) is 7.24. The van der Waals surface area contributed by atoms with E-state index in [0.29, 0.717) is 10.7 Å². The fourth-order valence-corrected chi connectivity index (χ4v) is 2.27. The molecule has 0 radical (unpaired) electrons. The average molecular weight is 368 g/mol. The van der Waals surface area contributed by atoms with Gasteiger partial charge in [0.1, 0.15) is 6.33 Å². The van der Waals surface area contributed by atoms with Gasteiger partial charge in [-0.25, -0.2) is 0 Å². The van der Waals surface area contributed by atoms with Crippen molar-refractivity contribution in [3.8, 4) is 5.69 Å². The third kappa shape index (κ3) is 3.77. The molecule has 1 amide bonds. The molecular formula is C15H9ClF3N5O. The van der Waals surface area contributed by atoms with E-state index in [9.17, 15) is 18.0 Å². The van der Waals surface area contributed by atoms with E-state index in [0.717, 1.165) is 12.1 Å². The van der Waals surface area contributed by atoms with E-state index in [1.54, 1.807) is 12.1 Å². The second-order valence-electron chi connectivity index (χ2n) is 4.95. The number of rotatable bonds is 3. The smallest absolute Gasteiger partial charge is 0.322 e. The number of tetrazole rings is 1. The van der Waals surface area contributed by atoms with Gasteiger partial charge in [-0.05, 0) is 52.9 Å². The second kappa shape index (κ2) is 6.52. The van der Waals surface area contributed by atoms with Crippen molar-refractivity contribution in [1.82, 2.24) is 20.2 Å². The Morgan fingerprint density at radius 2 is 1.84 bits per heavy atom. The van der Waals surface area contributed by atoms with Gasteiger partial charge in [0.15, 0.2) is 0 Å². The highest BCUT2D eigenvalue weighted by Gasteiger charge is 2.30. The van der Waals surface area contributed by atoms with Crippen LogP contribution in [0.15, 0.2) is 48.8 Å². The van der Waals surface area contributed by atoms with Gasteiger partial charge in [0.05, 0.1) is 16.8 Å². The van der Waals surface area contributed by atoms with E-state index >= 15 is 0 Å². The fraction of sp³-hybridized carbons (Fsp3) is 0.0667. The lowest BCUT2D eigenvalue weighted by Crippen LogP contribution is -2.15. The third-order valence-corrected chi connectivity index (χ3v) is 3.50. The van der Waals surface area contributed by atoms with Gasteiger partial charge >= 0.3 is 6.18 Å². The topological polar surface area (TPSA) is 72.7 Å². The SMILES string of the molecule is O=C(Nc1ccc(C(F)(F)F)cc1)c1cc(Cl)ccc1-n1cnnn1. The van der Waals surface area contributed by atoms with Crippen LogP contribution in [0, 0.1) is 0 Å². The molecule has 6 nitrogen and oxygen atoms in total. The quantitative estimate of drug-likeness (QED) is 0.768. The van der Waals surface area contributed by atoms with E-state index in [-0.39, 0.29) is 11.3 Å². The largest absolute Gasteiger partial charge is 0.416 e. The molecule has 0 aliphatic heterocycles. The van der Waals surface area contributed by atoms with Gasteiger partial charge in [0.2, 0.25) is 0 Å². The Kier molecular flexibility index (Phi) is 4.41. The van der Waals surface area contributed by atoms with Crippen molar-refractivity contribution in [2.75, 3.05) is 5.32 Å². The maximum atomic E-state index is 12.6. The number of alkyl halides is 3. The molecule has 0 saturated carbocycles. The summed E-state index contributed by atoms with van der Waals surface area (Å²) in [6, 6.07) is 8.64. The normalized spacial score (nSPS) is 11.4. The van der Waals surface area contributed by atoms with Crippen LogP contribution in [-0.2, 0) is 6.18 Å². The standard InChI is InChI=1S/C15H9ClF3N5O/c16-10-3-6-13(24-8-20-22-23-24)12(7-10)14(25)21-11-4-1-9(2-5-11)15(17,18)19/h1-8H,(H,21,25). The highest BCUT2D eigenvalue weighted by molar-refractivity contribution is 6.31. The number of nitrogens with one attached hydrogen (secondary N) is 1. The maximum Gasteiger partial charge on any atom is 0.416 e. The molecule has 25 heavy (non-hydrogen) atoms. The Hall–Kier alpha value is -2.94. The predicted molar refractivity (Wildman–Crippen MR) is 83.6 cm³/mol. The molecule has 3 rings (SSSR count). The van der Waals surface area contributed by atoms with E-state index in [2.05, 4.69) is 20.8 Å². The molecule has 10 heteroatoms. The number of benzene rings is 2. The van der Waals surface area contributed by atoms with E-state index < -0.39 is 17.6 Å². The van der Waals surface area contributed by atoms with Crippen molar-refractivity contribution < 1.29 is 18.0 Å². The van der Waals surface area contributed by atoms with Crippen LogP contribution < -0.4 is 5.32 Å². The Morgan fingerprint density at radius 3 is 2.44 bits per heavy atom. The zero-order valence-electron chi connectivity index (χ0n) is 12.3. The van der Waals surface area contributed by atoms with Crippen molar-refractivity contribution >= 4 is 23.2 Å². The van der Waals surface area contributed by atoms with Crippen LogP contribution in [0.1, 0.15) is 15.9 Å². The van der Waals surface area contributed by atoms with Gasteiger partial charge in [-0.2, -0.15) is 17.9 Å². The summed E-state index contributed by atoms with van der Waals surface area (Å²) >= 11 is 5.93. The Morgan fingerprint density at radius 1 is 1.12 bits per heavy atom. The first kappa shape index (κ1) is 16.9. The summed E-state index contributed by atoms with van der Waals surface area (Å²) in [4.78, 5) is 12.5. The van der Waals surface area contributed by atoms with Crippen LogP contribution in [0.5, 0.6) is 0 Å². The number of anilines is 1. The number of halogens is 4. The molecule has 0 fully saturated rings. The predicted octanol–water partition coefficient (Wildman–Crippen LogP) is 3.59. The number of carbonyl (C=O) groups excluding carboxylic acids is 1. The zero-order chi connectivity index (χ0) is 18.0. The monoisotopic (exact) mass is 367 g/mol. The molecule has 0 unspecified atom stereocenters. The highest BCUT2D eigenvalue weighted by atomic mass is 35.5. The van der Waals surface area contributed by atoms with E-state index in [1.165, 1.54) is 29.2 Å². The molecular weight excluding hydrogens is 359 g/mol. The maximum absolute atomic E-state index is 12.6. The lowest BCUT2D eigenvalue weighted by Gasteiger charge is -2.11. The van der Waals surface area contributed by atoms with Gasteiger partial charge in [0, 0.05) is 10.7 Å². The summed E-state index contributed by atoms with van der Waals surface area (Å²) in [6.07, 6.45) is -3.14. The molecule has 1 N–H and O–H groups in total. The molecule has 0 atom stereocenters. The molecule has 0 aliphatic carbocycles. The summed E-state index contributed by atoms with van der Waals surface area (Å²) < 4.78 is 39.0. The first-order valence-electron chi connectivity index (χ1n) is 6.86. The van der Waals surface area contributed by atoms with Crippen LogP contribution in [0.2, 0.25) is 5.02 Å². The summed E-state index contributed by atoms with van der Waals surface area (Å²) in [5.41, 5.74) is -0.0539. The van der Waals surface area contributed by atoms with Gasteiger partial charge in [0.25, 0.3) is 5.91 Å². The lowest BCUT2D eigenvalue weighted by molar-refractivity contribution is -0.137. The lowest BCUT2D eigenvalue weighted by atomic mass is 10.1. The van der Waals surface area contributed by atoms with E-state index in [1.807, 2.05) is 0 Å². The molecule has 0 saturated heterocycles. The van der Waals surface area contributed by atoms with Crippen LogP contribution in [0.3, 0.4) is 0 Å². The molecule has 3 aromatic rings. The van der Waals surface area contributed by atoms with Gasteiger partial charge in [-0.3, -0.25) is 4.79 Å². The second-order valence-corrected chi connectivity index (χ2v) is 5.38. The molecule has 0 bridgehead atoms. The van der Waals surface area contributed by atoms with Gasteiger partial charge < -0.3 is 5.32 Å². The molecule has 0 spiro atoms. The van der Waals surface area contributed by atoms with Crippen molar-refractivity contribution in [2.45, 2.75) is 6.18 Å². The Labute approximate surface area is 144 Å². The van der Waals surface area contributed by atoms with Crippen LogP contribution >= 0.6 is 11.6 Å². The number of nitrogens with zero attached hydrogens (tertiary/aromatic N) is 4. The number of hydrogen-bond donors (Lipinski definition) is 1. The highest BCUT2D eigenvalue weighted by Crippen LogP contribution is 2.30. The number of aromatic nitrogens is 4. The van der Waals surface area contributed by atoms with Crippen molar-refractivity contribution in [3.05, 3.63) is 64.9 Å². The molecule has 2 aromatic carbocycles. The van der Waals surface area contributed by atoms with E-state index in [4.69, 9.17) is 11.6 Å². The minimum atomic E-state index is -4.44. The van der Waals surface area contributed by atoms with Crippen LogP contribution in [0.25, 0.3) is 5.69 Å². The van der Waals surface area contributed by atoms with Crippen LogP contribution in [0.4, 0.5) is 18.9 Å². The molecule has 1 aromatic heterocycles. The molecule has 1 heterocycles. The molecule has 128 valence electrons. The number of amides is 1. The number of carbonyl (C=O) groups is 1. The minimum absolute atomic E-state index is 0.166. The van der Waals surface area contributed by atoms with Crippen molar-refractivity contribution in [1.29, 1.82) is 0 Å². The number of hydrogen-bond acceptors (Lipinski definition) is 4. The van der Waals surface area contributed by atoms with Gasteiger partial charge in [-0.15, -0.1) is 5.10 Å². The first-order chi connectivity index (χ1) is 11.8. The fourth-order valence-electron chi connectivity index (χ4n) is 2.10. The summed E-state index contributed by atoms with van der Waals surface area (Å²) in [5, 5.41) is 13.5. The summed E-state index contributed by atoms with van der Waals surface area (Å²) in [6.45, 7) is 0. The Bertz CT molecular complexity index is 895. The third-order valence-electron chi connectivity index (χ3n) is 3.27. The zero-order valence-corrected chi connectivity index (χ0v) is 13.1. The van der Waals surface area contributed by atoms with Gasteiger partial charge in [-0.1, -0.05) is 11.6 Å². The van der Waals surface area contributed by atoms with Crippen molar-refractivity contribution in [2.24, 2.45) is 0 Å². The van der Waals surface area contributed by atoms with Crippen LogP contribution in [-0.4, -0.2) is 26.1 Å². The minimum Gasteiger partial charge on any atom is -0.322 e. The molecule has 0 aliphatic rings. The van der Waals surface area contributed by atoms with Crippen molar-refractivity contribution in [3.63, 3.8) is 0 Å².